The number of nitrogens with zero attached hydrogens (tertiary/aromatic N) is 1. The topological polar surface area (TPSA) is 61.4 Å². The average Bonchev–Trinajstić information content (AvgIpc) is 2.55. The Morgan fingerprint density at radius 2 is 2.08 bits per heavy atom. The fraction of sp³-hybridized carbons (Fsp3) is 0.529. The molecule has 1 aromatic carbocycles. The van der Waals surface area contributed by atoms with Crippen LogP contribution in [0.4, 0.5) is 10.1 Å². The largest absolute Gasteiger partial charge is 0.331 e. The van der Waals surface area contributed by atoms with E-state index in [4.69, 9.17) is 0 Å². The number of benzene rings is 1. The second-order valence-corrected chi connectivity index (χ2v) is 7.25. The Morgan fingerprint density at radius 3 is 2.67 bits per heavy atom. The van der Waals surface area contributed by atoms with Crippen molar-refractivity contribution in [1.82, 2.24) is 10.2 Å². The van der Waals surface area contributed by atoms with Gasteiger partial charge in [-0.25, -0.2) is 4.39 Å². The van der Waals surface area contributed by atoms with Crippen molar-refractivity contribution < 1.29 is 14.0 Å². The highest BCUT2D eigenvalue weighted by atomic mass is 32.2. The van der Waals surface area contributed by atoms with Crippen molar-refractivity contribution in [2.45, 2.75) is 32.4 Å². The van der Waals surface area contributed by atoms with Crippen LogP contribution in [0.5, 0.6) is 0 Å². The third kappa shape index (κ3) is 5.79. The summed E-state index contributed by atoms with van der Waals surface area (Å²) in [7, 11) is 0. The molecule has 1 saturated heterocycles. The van der Waals surface area contributed by atoms with Crippen molar-refractivity contribution in [1.29, 1.82) is 0 Å². The van der Waals surface area contributed by atoms with Gasteiger partial charge >= 0.3 is 0 Å². The fourth-order valence-electron chi connectivity index (χ4n) is 2.53. The van der Waals surface area contributed by atoms with Crippen LogP contribution in [0.3, 0.4) is 0 Å². The summed E-state index contributed by atoms with van der Waals surface area (Å²) in [4.78, 5) is 26.3. The first kappa shape index (κ1) is 18.7. The van der Waals surface area contributed by atoms with Crippen molar-refractivity contribution in [2.24, 2.45) is 0 Å². The highest BCUT2D eigenvalue weighted by Gasteiger charge is 2.24. The Balaban J connectivity index is 1.90. The minimum atomic E-state index is -0.357. The molecule has 1 aliphatic heterocycles. The Hall–Kier alpha value is -1.60. The number of hydrogen-bond donors (Lipinski definition) is 2. The maximum absolute atomic E-state index is 12.9. The van der Waals surface area contributed by atoms with Gasteiger partial charge < -0.3 is 15.5 Å². The van der Waals surface area contributed by atoms with E-state index in [0.29, 0.717) is 12.1 Å². The third-order valence-electron chi connectivity index (χ3n) is 3.81. The van der Waals surface area contributed by atoms with Crippen LogP contribution in [0.25, 0.3) is 0 Å². The molecule has 5 nitrogen and oxygen atoms in total. The molecule has 0 saturated carbocycles. The van der Waals surface area contributed by atoms with E-state index in [1.54, 1.807) is 4.90 Å². The first-order chi connectivity index (χ1) is 11.5. The Bertz CT molecular complexity index is 559. The van der Waals surface area contributed by atoms with Crippen LogP contribution in [-0.2, 0) is 9.59 Å². The van der Waals surface area contributed by atoms with E-state index >= 15 is 0 Å². The van der Waals surface area contributed by atoms with Crippen LogP contribution < -0.4 is 10.6 Å². The van der Waals surface area contributed by atoms with Gasteiger partial charge in [0.25, 0.3) is 0 Å². The SMILES string of the molecule is CC(C)N(CC(=O)Nc1ccc(F)cc1)C(=O)CC1CSCCN1. The maximum atomic E-state index is 12.9. The van der Waals surface area contributed by atoms with Gasteiger partial charge in [-0.3, -0.25) is 9.59 Å². The molecule has 24 heavy (non-hydrogen) atoms. The van der Waals surface area contributed by atoms with E-state index in [1.165, 1.54) is 24.3 Å². The van der Waals surface area contributed by atoms with Gasteiger partial charge in [-0.15, -0.1) is 0 Å². The molecule has 1 unspecified atom stereocenters. The lowest BCUT2D eigenvalue weighted by Gasteiger charge is -2.29. The highest BCUT2D eigenvalue weighted by molar-refractivity contribution is 7.99. The van der Waals surface area contributed by atoms with Crippen LogP contribution in [0.1, 0.15) is 20.3 Å². The number of hydrogen-bond acceptors (Lipinski definition) is 4. The first-order valence-electron chi connectivity index (χ1n) is 8.11. The molecule has 1 heterocycles. The molecule has 2 N–H and O–H groups in total. The number of thioether (sulfide) groups is 1. The monoisotopic (exact) mass is 353 g/mol. The molecule has 1 aromatic rings. The van der Waals surface area contributed by atoms with Crippen molar-refractivity contribution >= 4 is 29.3 Å². The van der Waals surface area contributed by atoms with Crippen LogP contribution in [0.2, 0.25) is 0 Å². The van der Waals surface area contributed by atoms with E-state index in [-0.39, 0.29) is 36.3 Å². The van der Waals surface area contributed by atoms with Crippen LogP contribution in [0.15, 0.2) is 24.3 Å². The number of nitrogens with one attached hydrogen (secondary N) is 2. The van der Waals surface area contributed by atoms with Gasteiger partial charge in [-0.05, 0) is 38.1 Å². The van der Waals surface area contributed by atoms with E-state index in [2.05, 4.69) is 10.6 Å². The van der Waals surface area contributed by atoms with E-state index in [9.17, 15) is 14.0 Å². The summed E-state index contributed by atoms with van der Waals surface area (Å²) in [5, 5.41) is 6.03. The van der Waals surface area contributed by atoms with Crippen LogP contribution in [0, 0.1) is 5.82 Å². The predicted molar refractivity (Wildman–Crippen MR) is 95.6 cm³/mol. The quantitative estimate of drug-likeness (QED) is 0.822. The molecule has 2 rings (SSSR count). The fourth-order valence-corrected chi connectivity index (χ4v) is 3.48. The summed E-state index contributed by atoms with van der Waals surface area (Å²) < 4.78 is 12.9. The van der Waals surface area contributed by atoms with E-state index < -0.39 is 0 Å². The van der Waals surface area contributed by atoms with Gasteiger partial charge in [0.05, 0.1) is 0 Å². The summed E-state index contributed by atoms with van der Waals surface area (Å²) in [6.45, 7) is 4.70. The summed E-state index contributed by atoms with van der Waals surface area (Å²) in [5.74, 6) is 1.32. The first-order valence-corrected chi connectivity index (χ1v) is 9.27. The summed E-state index contributed by atoms with van der Waals surface area (Å²) >= 11 is 1.84. The second kappa shape index (κ2) is 9.03. The Labute approximate surface area is 146 Å². The zero-order chi connectivity index (χ0) is 17.5. The molecule has 132 valence electrons. The number of carbonyl (C=O) groups excluding carboxylic acids is 2. The lowest BCUT2D eigenvalue weighted by atomic mass is 10.2. The molecular formula is C17H24FN3O2S. The number of rotatable bonds is 6. The highest BCUT2D eigenvalue weighted by Crippen LogP contribution is 2.13. The van der Waals surface area contributed by atoms with Gasteiger partial charge in [0.1, 0.15) is 12.4 Å². The number of amides is 2. The van der Waals surface area contributed by atoms with E-state index in [0.717, 1.165) is 18.1 Å². The lowest BCUT2D eigenvalue weighted by molar-refractivity contribution is -0.136. The van der Waals surface area contributed by atoms with Crippen molar-refractivity contribution in [3.8, 4) is 0 Å². The predicted octanol–water partition coefficient (Wildman–Crippen LogP) is 2.10. The summed E-state index contributed by atoms with van der Waals surface area (Å²) in [6, 6.07) is 5.67. The van der Waals surface area contributed by atoms with Gasteiger partial charge in [0, 0.05) is 42.2 Å². The third-order valence-corrected chi connectivity index (χ3v) is 4.94. The molecule has 0 bridgehead atoms. The number of carbonyl (C=O) groups is 2. The molecular weight excluding hydrogens is 329 g/mol. The average molecular weight is 353 g/mol. The van der Waals surface area contributed by atoms with Crippen LogP contribution in [-0.4, -0.2) is 53.4 Å². The molecule has 7 heteroatoms. The Morgan fingerprint density at radius 1 is 1.38 bits per heavy atom. The van der Waals surface area contributed by atoms with Crippen molar-refractivity contribution in [3.05, 3.63) is 30.1 Å². The molecule has 2 amide bonds. The minimum absolute atomic E-state index is 0.00621. The van der Waals surface area contributed by atoms with Crippen molar-refractivity contribution in [3.63, 3.8) is 0 Å². The van der Waals surface area contributed by atoms with Gasteiger partial charge in [0.2, 0.25) is 11.8 Å². The maximum Gasteiger partial charge on any atom is 0.244 e. The second-order valence-electron chi connectivity index (χ2n) is 6.10. The molecule has 1 aliphatic rings. The van der Waals surface area contributed by atoms with Crippen LogP contribution >= 0.6 is 11.8 Å². The number of anilines is 1. The van der Waals surface area contributed by atoms with E-state index in [1.807, 2.05) is 25.6 Å². The standard InChI is InChI=1S/C17H24FN3O2S/c1-12(2)21(17(23)9-15-11-24-8-7-19-15)10-16(22)20-14-5-3-13(18)4-6-14/h3-6,12,15,19H,7-11H2,1-2H3,(H,20,22). The van der Waals surface area contributed by atoms with Gasteiger partial charge in [0.15, 0.2) is 0 Å². The molecule has 0 aliphatic carbocycles. The van der Waals surface area contributed by atoms with Gasteiger partial charge in [-0.1, -0.05) is 0 Å². The lowest BCUT2D eigenvalue weighted by Crippen LogP contribution is -2.47. The summed E-state index contributed by atoms with van der Waals surface area (Å²) in [5.41, 5.74) is 0.517. The molecule has 1 atom stereocenters. The normalized spacial score (nSPS) is 17.6. The molecule has 1 fully saturated rings. The zero-order valence-corrected chi connectivity index (χ0v) is 14.9. The molecule has 0 aromatic heterocycles. The molecule has 0 spiro atoms. The summed E-state index contributed by atoms with van der Waals surface area (Å²) in [6.07, 6.45) is 0.398. The zero-order valence-electron chi connectivity index (χ0n) is 14.0. The smallest absolute Gasteiger partial charge is 0.244 e. The number of halogens is 1. The Kier molecular flexibility index (Phi) is 7.05. The van der Waals surface area contributed by atoms with Gasteiger partial charge in [-0.2, -0.15) is 11.8 Å². The minimum Gasteiger partial charge on any atom is -0.331 e. The van der Waals surface area contributed by atoms with Crippen molar-refractivity contribution in [2.75, 3.05) is 29.9 Å². The molecule has 0 radical (unpaired) electrons.